The van der Waals surface area contributed by atoms with Crippen LogP contribution in [0.5, 0.6) is 0 Å². The van der Waals surface area contributed by atoms with Crippen molar-refractivity contribution in [2.75, 3.05) is 0 Å². The molecule has 0 aromatic heterocycles. The number of hydrogen-bond donors (Lipinski definition) is 2. The van der Waals surface area contributed by atoms with Gasteiger partial charge in [-0.3, -0.25) is 0 Å². The van der Waals surface area contributed by atoms with E-state index in [2.05, 4.69) is 5.92 Å². The van der Waals surface area contributed by atoms with Crippen molar-refractivity contribution in [3.63, 3.8) is 0 Å². The second-order valence-electron chi connectivity index (χ2n) is 4.79. The molecule has 0 spiro atoms. The van der Waals surface area contributed by atoms with E-state index in [-0.39, 0.29) is 5.78 Å². The molecule has 0 saturated carbocycles. The van der Waals surface area contributed by atoms with Gasteiger partial charge in [-0.25, -0.2) is 0 Å². The molecule has 0 bridgehead atoms. The molecule has 0 amide bonds. The molecular formula is C17H24O3. The Morgan fingerprint density at radius 2 is 1.95 bits per heavy atom. The normalized spacial score (nSPS) is 15.4. The molecule has 2 N–H and O–H groups in total. The lowest BCUT2D eigenvalue weighted by Crippen LogP contribution is -2.03. The van der Waals surface area contributed by atoms with Crippen molar-refractivity contribution in [2.45, 2.75) is 51.7 Å². The first kappa shape index (κ1) is 18.4. The maximum atomic E-state index is 10.8. The fourth-order valence-corrected chi connectivity index (χ4v) is 1.59. The number of aliphatic hydroxyl groups is 2. The molecule has 2 atom stereocenters. The minimum atomic E-state index is -0.619. The number of Topliss-reactive ketones (excluding diaryl/α,β-unsaturated/α-hetero) is 1. The first-order valence-corrected chi connectivity index (χ1v) is 6.78. The van der Waals surface area contributed by atoms with E-state index in [0.29, 0.717) is 25.7 Å². The Hall–Kier alpha value is -1.63. The summed E-state index contributed by atoms with van der Waals surface area (Å²) in [7, 11) is 0. The number of allylic oxidation sites excluding steroid dienone is 4. The summed E-state index contributed by atoms with van der Waals surface area (Å²) >= 11 is 0. The molecule has 0 rings (SSSR count). The number of hydrogen-bond acceptors (Lipinski definition) is 3. The van der Waals surface area contributed by atoms with Crippen LogP contribution in [0.1, 0.15) is 39.5 Å². The Labute approximate surface area is 121 Å². The average molecular weight is 276 g/mol. The maximum Gasteiger partial charge on any atom is 0.129 e. The van der Waals surface area contributed by atoms with Crippen LogP contribution >= 0.6 is 0 Å². The molecule has 3 nitrogen and oxygen atoms in total. The third kappa shape index (κ3) is 11.5. The highest BCUT2D eigenvalue weighted by atomic mass is 16.3. The number of ketones is 1. The van der Waals surface area contributed by atoms with Gasteiger partial charge in [0.15, 0.2) is 0 Å². The van der Waals surface area contributed by atoms with E-state index in [9.17, 15) is 15.0 Å². The summed E-state index contributed by atoms with van der Waals surface area (Å²) in [5.41, 5.74) is 0.927. The van der Waals surface area contributed by atoms with E-state index in [0.717, 1.165) is 5.57 Å². The van der Waals surface area contributed by atoms with Crippen LogP contribution in [0, 0.1) is 12.3 Å². The maximum absolute atomic E-state index is 10.8. The van der Waals surface area contributed by atoms with E-state index in [4.69, 9.17) is 6.42 Å². The van der Waals surface area contributed by atoms with Crippen LogP contribution < -0.4 is 0 Å². The van der Waals surface area contributed by atoms with Gasteiger partial charge in [-0.05, 0) is 26.7 Å². The first-order chi connectivity index (χ1) is 9.45. The summed E-state index contributed by atoms with van der Waals surface area (Å²) in [6, 6.07) is 0. The molecule has 0 aromatic rings. The quantitative estimate of drug-likeness (QED) is 0.502. The molecule has 110 valence electrons. The molecule has 20 heavy (non-hydrogen) atoms. The molecule has 0 saturated heterocycles. The SMILES string of the molecule is C#CC[C@@H](O)/C=C/C=C/C(C)=C\[C@@H](O)CCCC(C)=O. The van der Waals surface area contributed by atoms with E-state index >= 15 is 0 Å². The summed E-state index contributed by atoms with van der Waals surface area (Å²) in [5.74, 6) is 2.52. The highest BCUT2D eigenvalue weighted by Crippen LogP contribution is 2.06. The van der Waals surface area contributed by atoms with E-state index in [1.165, 1.54) is 0 Å². The summed E-state index contributed by atoms with van der Waals surface area (Å²) in [4.78, 5) is 10.8. The van der Waals surface area contributed by atoms with Gasteiger partial charge in [0.2, 0.25) is 0 Å². The van der Waals surface area contributed by atoms with E-state index in [1.54, 1.807) is 31.2 Å². The molecule has 3 heteroatoms. The van der Waals surface area contributed by atoms with Gasteiger partial charge in [-0.2, -0.15) is 0 Å². The van der Waals surface area contributed by atoms with Crippen LogP contribution in [0.3, 0.4) is 0 Å². The van der Waals surface area contributed by atoms with Gasteiger partial charge >= 0.3 is 0 Å². The summed E-state index contributed by atoms with van der Waals surface area (Å²) < 4.78 is 0. The van der Waals surface area contributed by atoms with Gasteiger partial charge in [-0.15, -0.1) is 12.3 Å². The number of rotatable bonds is 9. The predicted molar refractivity (Wildman–Crippen MR) is 82.0 cm³/mol. The van der Waals surface area contributed by atoms with Crippen molar-refractivity contribution in [1.82, 2.24) is 0 Å². The fourth-order valence-electron chi connectivity index (χ4n) is 1.59. The van der Waals surface area contributed by atoms with Crippen LogP contribution in [-0.4, -0.2) is 28.2 Å². The van der Waals surface area contributed by atoms with Crippen LogP contribution in [0.15, 0.2) is 36.0 Å². The minimum absolute atomic E-state index is 0.147. The highest BCUT2D eigenvalue weighted by Gasteiger charge is 2.01. The van der Waals surface area contributed by atoms with E-state index in [1.807, 2.05) is 13.0 Å². The molecule has 0 unspecified atom stereocenters. The fraction of sp³-hybridized carbons (Fsp3) is 0.471. The predicted octanol–water partition coefficient (Wildman–Crippen LogP) is 2.55. The van der Waals surface area contributed by atoms with Crippen molar-refractivity contribution in [3.8, 4) is 12.3 Å². The van der Waals surface area contributed by atoms with Crippen molar-refractivity contribution < 1.29 is 15.0 Å². The van der Waals surface area contributed by atoms with Crippen LogP contribution in [0.4, 0.5) is 0 Å². The lowest BCUT2D eigenvalue weighted by atomic mass is 10.1. The summed E-state index contributed by atoms with van der Waals surface area (Å²) in [6.07, 6.45) is 14.7. The lowest BCUT2D eigenvalue weighted by Gasteiger charge is -2.05. The third-order valence-electron chi connectivity index (χ3n) is 2.61. The lowest BCUT2D eigenvalue weighted by molar-refractivity contribution is -0.117. The summed E-state index contributed by atoms with van der Waals surface area (Å²) in [5, 5.41) is 19.1. The molecule has 0 fully saturated rings. The number of aliphatic hydroxyl groups excluding tert-OH is 2. The van der Waals surface area contributed by atoms with Gasteiger partial charge in [0, 0.05) is 12.8 Å². The molecule has 0 aliphatic heterocycles. The number of terminal acetylenes is 1. The van der Waals surface area contributed by atoms with Crippen molar-refractivity contribution >= 4 is 5.78 Å². The van der Waals surface area contributed by atoms with Gasteiger partial charge in [0.1, 0.15) is 5.78 Å². The smallest absolute Gasteiger partial charge is 0.129 e. The Morgan fingerprint density at radius 3 is 2.55 bits per heavy atom. The second kappa shape index (κ2) is 11.2. The van der Waals surface area contributed by atoms with Crippen LogP contribution in [-0.2, 0) is 4.79 Å². The van der Waals surface area contributed by atoms with Gasteiger partial charge in [0.05, 0.1) is 12.2 Å². The zero-order valence-corrected chi connectivity index (χ0v) is 12.2. The molecule has 0 aliphatic rings. The Morgan fingerprint density at radius 1 is 1.25 bits per heavy atom. The molecule has 0 radical (unpaired) electrons. The topological polar surface area (TPSA) is 57.5 Å². The molecule has 0 aromatic carbocycles. The standard InChI is InChI=1S/C17H24O3/c1-4-8-16(19)11-6-5-9-14(2)13-17(20)12-7-10-15(3)18/h1,5-6,9,11,13,16-17,19-20H,7-8,10,12H2,2-3H3/b9-5+,11-6+,14-13-/t16-,17+/m1/s1. The Balaban J connectivity index is 4.11. The van der Waals surface area contributed by atoms with Crippen LogP contribution in [0.2, 0.25) is 0 Å². The molecule has 0 aliphatic carbocycles. The van der Waals surface area contributed by atoms with Crippen LogP contribution in [0.25, 0.3) is 0 Å². The summed E-state index contributed by atoms with van der Waals surface area (Å²) in [6.45, 7) is 3.44. The number of carbonyl (C=O) groups excluding carboxylic acids is 1. The second-order valence-corrected chi connectivity index (χ2v) is 4.79. The minimum Gasteiger partial charge on any atom is -0.389 e. The van der Waals surface area contributed by atoms with Gasteiger partial charge < -0.3 is 15.0 Å². The monoisotopic (exact) mass is 276 g/mol. The Bertz CT molecular complexity index is 410. The first-order valence-electron chi connectivity index (χ1n) is 6.78. The van der Waals surface area contributed by atoms with Crippen molar-refractivity contribution in [3.05, 3.63) is 36.0 Å². The molecular weight excluding hydrogens is 252 g/mol. The van der Waals surface area contributed by atoms with Crippen molar-refractivity contribution in [2.24, 2.45) is 0 Å². The van der Waals surface area contributed by atoms with Gasteiger partial charge in [-0.1, -0.05) is 36.0 Å². The average Bonchev–Trinajstić information content (AvgIpc) is 2.34. The van der Waals surface area contributed by atoms with Gasteiger partial charge in [0.25, 0.3) is 0 Å². The zero-order chi connectivity index (χ0) is 15.4. The largest absolute Gasteiger partial charge is 0.389 e. The molecule has 0 heterocycles. The third-order valence-corrected chi connectivity index (χ3v) is 2.61. The van der Waals surface area contributed by atoms with E-state index < -0.39 is 12.2 Å². The highest BCUT2D eigenvalue weighted by molar-refractivity contribution is 5.75. The Kier molecular flexibility index (Phi) is 10.3. The zero-order valence-electron chi connectivity index (χ0n) is 12.2. The van der Waals surface area contributed by atoms with Crippen molar-refractivity contribution in [1.29, 1.82) is 0 Å². The number of carbonyl (C=O) groups is 1.